The third kappa shape index (κ3) is 7.68. The predicted molar refractivity (Wildman–Crippen MR) is 96.8 cm³/mol. The number of carbonyl (C=O) groups excluding carboxylic acids is 1. The number of nitrogens with zero attached hydrogens (tertiary/aromatic N) is 1. The average molecular weight is 363 g/mol. The van der Waals surface area contributed by atoms with E-state index in [0.717, 1.165) is 16.9 Å². The van der Waals surface area contributed by atoms with Gasteiger partial charge in [-0.3, -0.25) is 4.79 Å². The maximum atomic E-state index is 9.22. The number of carbonyl (C=O) groups is 1. The average Bonchev–Trinajstić information content (AvgIpc) is 2.52. The van der Waals surface area contributed by atoms with Crippen LogP contribution < -0.4 is 10.5 Å². The van der Waals surface area contributed by atoms with Crippen molar-refractivity contribution in [3.8, 4) is 11.8 Å². The molecule has 124 valence electrons. The molecule has 0 aliphatic carbocycles. The molecule has 1 amide bonds. The minimum Gasteiger partial charge on any atom is -0.489 e. The Balaban J connectivity index is 0.000000648. The van der Waals surface area contributed by atoms with Crippen LogP contribution in [0.1, 0.15) is 18.1 Å². The molecule has 2 N–H and O–H groups in total. The van der Waals surface area contributed by atoms with E-state index in [0.29, 0.717) is 16.7 Å². The topological polar surface area (TPSA) is 76.1 Å². The number of rotatable bonds is 4. The quantitative estimate of drug-likeness (QED) is 0.807. The molecular formula is C18H16Cl2N2O2. The molecule has 0 unspecified atom stereocenters. The van der Waals surface area contributed by atoms with Crippen LogP contribution in [0.5, 0.6) is 5.75 Å². The predicted octanol–water partition coefficient (Wildman–Crippen LogP) is 4.60. The summed E-state index contributed by atoms with van der Waals surface area (Å²) in [6.07, 6.45) is 3.15. The van der Waals surface area contributed by atoms with Crippen LogP contribution in [-0.4, -0.2) is 5.91 Å². The van der Waals surface area contributed by atoms with Gasteiger partial charge < -0.3 is 10.5 Å². The van der Waals surface area contributed by atoms with Crippen molar-refractivity contribution in [2.45, 2.75) is 13.5 Å². The lowest BCUT2D eigenvalue weighted by Crippen LogP contribution is -2.01. The number of amides is 1. The van der Waals surface area contributed by atoms with Crippen molar-refractivity contribution >= 4 is 35.2 Å². The second-order valence-corrected chi connectivity index (χ2v) is 5.51. The van der Waals surface area contributed by atoms with Gasteiger partial charge in [-0.15, -0.1) is 0 Å². The van der Waals surface area contributed by atoms with Crippen LogP contribution in [-0.2, 0) is 11.4 Å². The lowest BCUT2D eigenvalue weighted by Gasteiger charge is -2.08. The second kappa shape index (κ2) is 10.3. The van der Waals surface area contributed by atoms with E-state index in [1.165, 1.54) is 13.0 Å². The zero-order valence-electron chi connectivity index (χ0n) is 13.0. The molecule has 0 aliphatic rings. The van der Waals surface area contributed by atoms with Gasteiger partial charge in [-0.25, -0.2) is 0 Å². The largest absolute Gasteiger partial charge is 0.489 e. The van der Waals surface area contributed by atoms with Crippen molar-refractivity contribution < 1.29 is 9.53 Å². The fourth-order valence-corrected chi connectivity index (χ4v) is 2.10. The van der Waals surface area contributed by atoms with Gasteiger partial charge in [0.1, 0.15) is 12.4 Å². The molecule has 0 saturated heterocycles. The van der Waals surface area contributed by atoms with E-state index in [1.807, 2.05) is 36.4 Å². The maximum Gasteiger partial charge on any atom is 0.214 e. The Hall–Kier alpha value is -2.48. The first-order valence-corrected chi connectivity index (χ1v) is 7.67. The molecule has 6 heteroatoms. The first-order chi connectivity index (χ1) is 11.4. The monoisotopic (exact) mass is 362 g/mol. The summed E-state index contributed by atoms with van der Waals surface area (Å²) in [7, 11) is 0. The number of benzene rings is 2. The molecule has 2 aromatic carbocycles. The van der Waals surface area contributed by atoms with Crippen molar-refractivity contribution in [1.29, 1.82) is 5.26 Å². The normalized spacial score (nSPS) is 9.75. The molecule has 4 nitrogen and oxygen atoms in total. The Morgan fingerprint density at radius 3 is 2.62 bits per heavy atom. The summed E-state index contributed by atoms with van der Waals surface area (Å²) in [6, 6.07) is 14.7. The molecule has 24 heavy (non-hydrogen) atoms. The number of allylic oxidation sites excluding steroid dienone is 1. The summed E-state index contributed by atoms with van der Waals surface area (Å²) in [5, 5.41) is 9.69. The zero-order valence-corrected chi connectivity index (χ0v) is 14.5. The van der Waals surface area contributed by atoms with Crippen LogP contribution in [0.2, 0.25) is 10.0 Å². The van der Waals surface area contributed by atoms with Gasteiger partial charge in [0.05, 0.1) is 6.07 Å². The highest BCUT2D eigenvalue weighted by molar-refractivity contribution is 6.35. The Bertz CT molecular complexity index is 764. The van der Waals surface area contributed by atoms with Gasteiger partial charge in [-0.2, -0.15) is 5.26 Å². The van der Waals surface area contributed by atoms with Crippen molar-refractivity contribution in [3.63, 3.8) is 0 Å². The molecule has 0 bridgehead atoms. The Labute approximate surface area is 151 Å². The van der Waals surface area contributed by atoms with E-state index in [9.17, 15) is 4.79 Å². The number of hydrogen-bond donors (Lipinski definition) is 1. The smallest absolute Gasteiger partial charge is 0.214 e. The van der Waals surface area contributed by atoms with E-state index in [1.54, 1.807) is 18.2 Å². The van der Waals surface area contributed by atoms with Crippen molar-refractivity contribution in [3.05, 3.63) is 69.7 Å². The fourth-order valence-electron chi connectivity index (χ4n) is 1.64. The molecule has 0 fully saturated rings. The molecule has 0 saturated carbocycles. The Morgan fingerprint density at radius 2 is 2.00 bits per heavy atom. The third-order valence-electron chi connectivity index (χ3n) is 2.62. The third-order valence-corrected chi connectivity index (χ3v) is 3.20. The van der Waals surface area contributed by atoms with Gasteiger partial charge in [0.15, 0.2) is 0 Å². The molecule has 0 heterocycles. The highest BCUT2D eigenvalue weighted by atomic mass is 35.5. The van der Waals surface area contributed by atoms with Crippen LogP contribution in [0.4, 0.5) is 0 Å². The number of nitriles is 1. The summed E-state index contributed by atoms with van der Waals surface area (Å²) in [5.41, 5.74) is 6.25. The fraction of sp³-hybridized carbons (Fsp3) is 0.111. The number of ether oxygens (including phenoxy) is 1. The van der Waals surface area contributed by atoms with Gasteiger partial charge in [0.25, 0.3) is 0 Å². The maximum absolute atomic E-state index is 9.22. The minimum atomic E-state index is -0.333. The van der Waals surface area contributed by atoms with Crippen molar-refractivity contribution in [1.82, 2.24) is 0 Å². The Morgan fingerprint density at radius 1 is 1.29 bits per heavy atom. The molecule has 0 aromatic heterocycles. The van der Waals surface area contributed by atoms with Gasteiger partial charge in [0.2, 0.25) is 5.91 Å². The summed E-state index contributed by atoms with van der Waals surface area (Å²) in [6.45, 7) is 1.67. The lowest BCUT2D eigenvalue weighted by atomic mass is 10.2. The van der Waals surface area contributed by atoms with Gasteiger partial charge in [-0.05, 0) is 35.9 Å². The molecule has 2 aromatic rings. The molecule has 0 radical (unpaired) electrons. The van der Waals surface area contributed by atoms with Crippen LogP contribution in [0, 0.1) is 11.3 Å². The molecule has 0 aliphatic heterocycles. The van der Waals surface area contributed by atoms with Crippen molar-refractivity contribution in [2.24, 2.45) is 5.73 Å². The van der Waals surface area contributed by atoms with Gasteiger partial charge in [-0.1, -0.05) is 41.4 Å². The van der Waals surface area contributed by atoms with Crippen molar-refractivity contribution in [2.75, 3.05) is 0 Å². The molecule has 2 rings (SSSR count). The van der Waals surface area contributed by atoms with Gasteiger partial charge in [0, 0.05) is 28.6 Å². The standard InChI is InChI=1S/C16H11Cl2NO.C2H5NO/c17-14-7-6-13(16(18)10-14)11-20-15-5-1-3-12(9-15)4-2-8-19;1-2(3)4/h1-7,9-10H,11H2;1H3,(H2,3,4)/b4-2+;. The van der Waals surface area contributed by atoms with E-state index in [4.69, 9.17) is 33.2 Å². The molecule has 0 spiro atoms. The first kappa shape index (κ1) is 19.6. The van der Waals surface area contributed by atoms with Crippen LogP contribution in [0.25, 0.3) is 6.08 Å². The summed E-state index contributed by atoms with van der Waals surface area (Å²) in [5.74, 6) is 0.385. The Kier molecular flexibility index (Phi) is 8.42. The number of primary amides is 1. The van der Waals surface area contributed by atoms with E-state index < -0.39 is 0 Å². The van der Waals surface area contributed by atoms with E-state index in [-0.39, 0.29) is 5.91 Å². The zero-order chi connectivity index (χ0) is 17.9. The SMILES string of the molecule is CC(N)=O.N#C/C=C/c1cccc(OCc2ccc(Cl)cc2Cl)c1. The number of nitrogens with two attached hydrogens (primary N) is 1. The summed E-state index contributed by atoms with van der Waals surface area (Å²) < 4.78 is 5.69. The molecule has 0 atom stereocenters. The number of hydrogen-bond acceptors (Lipinski definition) is 3. The van der Waals surface area contributed by atoms with Crippen LogP contribution in [0.15, 0.2) is 48.5 Å². The molecular weight excluding hydrogens is 347 g/mol. The summed E-state index contributed by atoms with van der Waals surface area (Å²) >= 11 is 11.9. The van der Waals surface area contributed by atoms with E-state index in [2.05, 4.69) is 5.73 Å². The number of halogens is 2. The van der Waals surface area contributed by atoms with Gasteiger partial charge >= 0.3 is 0 Å². The lowest BCUT2D eigenvalue weighted by molar-refractivity contribution is -0.115. The van der Waals surface area contributed by atoms with Crippen LogP contribution in [0.3, 0.4) is 0 Å². The second-order valence-electron chi connectivity index (χ2n) is 4.67. The highest BCUT2D eigenvalue weighted by Gasteiger charge is 2.02. The first-order valence-electron chi connectivity index (χ1n) is 6.91. The minimum absolute atomic E-state index is 0.333. The summed E-state index contributed by atoms with van der Waals surface area (Å²) in [4.78, 5) is 9.22. The van der Waals surface area contributed by atoms with E-state index >= 15 is 0 Å². The van der Waals surface area contributed by atoms with Crippen LogP contribution >= 0.6 is 23.2 Å². The highest BCUT2D eigenvalue weighted by Crippen LogP contribution is 2.23.